The van der Waals surface area contributed by atoms with Crippen molar-refractivity contribution >= 4 is 15.7 Å². The van der Waals surface area contributed by atoms with Gasteiger partial charge < -0.3 is 10.1 Å². The van der Waals surface area contributed by atoms with Gasteiger partial charge in [0.05, 0.1) is 11.5 Å². The fraction of sp³-hybridized carbons (Fsp3) is 0.321. The fourth-order valence-corrected chi connectivity index (χ4v) is 7.40. The van der Waals surface area contributed by atoms with E-state index in [1.54, 1.807) is 0 Å². The first-order valence-corrected chi connectivity index (χ1v) is 13.9. The number of ether oxygens (including phenoxy) is 1. The molecule has 0 saturated heterocycles. The Bertz CT molecular complexity index is 1560. The second-order valence-electron chi connectivity index (χ2n) is 9.91. The third-order valence-corrected chi connectivity index (χ3v) is 10.0. The van der Waals surface area contributed by atoms with E-state index in [4.69, 9.17) is 0 Å². The number of hydrogen-bond acceptors (Lipinski definition) is 4. The van der Waals surface area contributed by atoms with Gasteiger partial charge in [-0.2, -0.15) is 26.3 Å². The van der Waals surface area contributed by atoms with Crippen LogP contribution in [-0.2, 0) is 36.3 Å². The van der Waals surface area contributed by atoms with Crippen molar-refractivity contribution in [2.75, 3.05) is 7.05 Å². The van der Waals surface area contributed by atoms with E-state index in [0.717, 1.165) is 42.5 Å². The lowest BCUT2D eigenvalue weighted by Crippen LogP contribution is -2.56. The molecule has 1 fully saturated rings. The maximum atomic E-state index is 14.3. The quantitative estimate of drug-likeness (QED) is 0.227. The number of amides is 1. The molecule has 0 spiro atoms. The first-order chi connectivity index (χ1) is 19.9. The molecule has 5 nitrogen and oxygen atoms in total. The molecule has 1 aliphatic carbocycles. The SMILES string of the molecule is CNC(=O)C1CC(c2ccc(C(OCc3c(F)cccc3F)(C(F)(F)F)C(F)(F)F)cc2)(S(=O)(=O)c2ccc(F)cc2)C1. The molecule has 0 unspecified atom stereocenters. The summed E-state index contributed by atoms with van der Waals surface area (Å²) in [5.41, 5.74) is -8.01. The maximum absolute atomic E-state index is 14.3. The zero-order chi connectivity index (χ0) is 32.0. The molecule has 3 aromatic rings. The van der Waals surface area contributed by atoms with Crippen molar-refractivity contribution in [3.63, 3.8) is 0 Å². The highest BCUT2D eigenvalue weighted by Gasteiger charge is 2.73. The number of sulfone groups is 1. The van der Waals surface area contributed by atoms with Crippen LogP contribution in [0.1, 0.15) is 29.5 Å². The van der Waals surface area contributed by atoms with E-state index in [1.807, 2.05) is 0 Å². The van der Waals surface area contributed by atoms with Gasteiger partial charge in [0.25, 0.3) is 5.60 Å². The van der Waals surface area contributed by atoms with E-state index in [1.165, 1.54) is 7.05 Å². The zero-order valence-corrected chi connectivity index (χ0v) is 22.8. The maximum Gasteiger partial charge on any atom is 0.430 e. The van der Waals surface area contributed by atoms with Gasteiger partial charge in [0.1, 0.15) is 22.2 Å². The van der Waals surface area contributed by atoms with Gasteiger partial charge >= 0.3 is 12.4 Å². The number of rotatable bonds is 8. The van der Waals surface area contributed by atoms with E-state index in [-0.39, 0.29) is 23.3 Å². The summed E-state index contributed by atoms with van der Waals surface area (Å²) in [4.78, 5) is 11.8. The standard InChI is InChI=1S/C28H22F9NO4S/c1-38-24(39)16-13-25(14-16,43(40,41)20-11-9-19(29)10-12-20)17-5-7-18(8-6-17)26(27(32,33)34,28(35,36)37)42-15-21-22(30)3-2-4-23(21)31/h2-12,16H,13-15H2,1H3,(H,38,39). The molecule has 1 saturated carbocycles. The molecule has 0 aromatic heterocycles. The van der Waals surface area contributed by atoms with Gasteiger partial charge in [-0.1, -0.05) is 30.3 Å². The van der Waals surface area contributed by atoms with Crippen molar-refractivity contribution in [1.29, 1.82) is 0 Å². The number of benzene rings is 3. The fourth-order valence-electron chi connectivity index (χ4n) is 5.17. The summed E-state index contributed by atoms with van der Waals surface area (Å²) in [7, 11) is -3.18. The highest BCUT2D eigenvalue weighted by atomic mass is 32.2. The molecule has 232 valence electrons. The van der Waals surface area contributed by atoms with Crippen LogP contribution in [-0.4, -0.2) is 33.7 Å². The van der Waals surface area contributed by atoms with Gasteiger partial charge in [-0.05, 0) is 54.8 Å². The van der Waals surface area contributed by atoms with Crippen LogP contribution in [0.25, 0.3) is 0 Å². The second kappa shape index (κ2) is 11.2. The van der Waals surface area contributed by atoms with Gasteiger partial charge in [0.15, 0.2) is 9.84 Å². The lowest BCUT2D eigenvalue weighted by Gasteiger charge is -2.46. The van der Waals surface area contributed by atoms with E-state index in [0.29, 0.717) is 24.3 Å². The predicted molar refractivity (Wildman–Crippen MR) is 133 cm³/mol. The molecule has 43 heavy (non-hydrogen) atoms. The first kappa shape index (κ1) is 32.3. The summed E-state index contributed by atoms with van der Waals surface area (Å²) >= 11 is 0. The van der Waals surface area contributed by atoms with Gasteiger partial charge in [0.2, 0.25) is 5.91 Å². The summed E-state index contributed by atoms with van der Waals surface area (Å²) in [5.74, 6) is -5.03. The van der Waals surface area contributed by atoms with Gasteiger partial charge in [-0.15, -0.1) is 0 Å². The Morgan fingerprint density at radius 1 is 0.860 bits per heavy atom. The predicted octanol–water partition coefficient (Wildman–Crippen LogP) is 6.47. The van der Waals surface area contributed by atoms with Crippen molar-refractivity contribution < 1.29 is 57.5 Å². The molecule has 1 N–H and O–H groups in total. The van der Waals surface area contributed by atoms with Crippen LogP contribution in [0.5, 0.6) is 0 Å². The first-order valence-electron chi connectivity index (χ1n) is 12.4. The highest BCUT2D eigenvalue weighted by molar-refractivity contribution is 7.92. The Balaban J connectivity index is 1.82. The monoisotopic (exact) mass is 639 g/mol. The molecule has 0 radical (unpaired) electrons. The molecule has 1 aliphatic rings. The molecule has 0 aliphatic heterocycles. The molecular weight excluding hydrogens is 617 g/mol. The van der Waals surface area contributed by atoms with E-state index in [2.05, 4.69) is 10.1 Å². The van der Waals surface area contributed by atoms with Crippen LogP contribution in [0.15, 0.2) is 71.6 Å². The van der Waals surface area contributed by atoms with Crippen LogP contribution < -0.4 is 5.32 Å². The number of alkyl halides is 6. The molecular formula is C28H22F9NO4S. The number of halogens is 9. The minimum Gasteiger partial charge on any atom is -0.359 e. The van der Waals surface area contributed by atoms with Crippen LogP contribution in [0.3, 0.4) is 0 Å². The van der Waals surface area contributed by atoms with Crippen LogP contribution in [0.2, 0.25) is 0 Å². The summed E-state index contributed by atoms with van der Waals surface area (Å²) in [6.07, 6.45) is -13.2. The number of carbonyl (C=O) groups is 1. The largest absolute Gasteiger partial charge is 0.430 e. The van der Waals surface area contributed by atoms with E-state index in [9.17, 15) is 52.7 Å². The van der Waals surface area contributed by atoms with Crippen molar-refractivity contribution in [3.8, 4) is 0 Å². The van der Waals surface area contributed by atoms with Crippen molar-refractivity contribution in [1.82, 2.24) is 5.32 Å². The lowest BCUT2D eigenvalue weighted by molar-refractivity contribution is -0.392. The van der Waals surface area contributed by atoms with Gasteiger partial charge in [-0.3, -0.25) is 4.79 Å². The smallest absolute Gasteiger partial charge is 0.359 e. The Morgan fingerprint density at radius 3 is 1.84 bits per heavy atom. The summed E-state index contributed by atoms with van der Waals surface area (Å²) < 4.78 is 157. The lowest BCUT2D eigenvalue weighted by atomic mass is 9.69. The Morgan fingerprint density at radius 2 is 1.37 bits per heavy atom. The second-order valence-corrected chi connectivity index (χ2v) is 12.2. The van der Waals surface area contributed by atoms with Crippen molar-refractivity contribution in [2.24, 2.45) is 5.92 Å². The van der Waals surface area contributed by atoms with E-state index >= 15 is 0 Å². The number of carbonyl (C=O) groups excluding carboxylic acids is 1. The van der Waals surface area contributed by atoms with Crippen LogP contribution in [0.4, 0.5) is 39.5 Å². The summed E-state index contributed by atoms with van der Waals surface area (Å²) in [5, 5.41) is 2.35. The third kappa shape index (κ3) is 5.37. The molecule has 1 amide bonds. The number of nitrogens with one attached hydrogen (secondary N) is 1. The molecule has 15 heteroatoms. The molecule has 3 aromatic carbocycles. The van der Waals surface area contributed by atoms with E-state index < -0.39 is 79.5 Å². The number of hydrogen-bond donors (Lipinski definition) is 1. The van der Waals surface area contributed by atoms with Gasteiger partial charge in [0, 0.05) is 24.1 Å². The summed E-state index contributed by atoms with van der Waals surface area (Å²) in [6.45, 7) is -1.75. The molecule has 4 rings (SSSR count). The van der Waals surface area contributed by atoms with Crippen molar-refractivity contribution in [2.45, 2.75) is 47.0 Å². The topological polar surface area (TPSA) is 72.5 Å². The molecule has 0 bridgehead atoms. The zero-order valence-electron chi connectivity index (χ0n) is 22.0. The summed E-state index contributed by atoms with van der Waals surface area (Å²) in [6, 6.07) is 7.92. The minimum atomic E-state index is -6.20. The average molecular weight is 640 g/mol. The Labute approximate surface area is 239 Å². The van der Waals surface area contributed by atoms with Gasteiger partial charge in [-0.25, -0.2) is 21.6 Å². The van der Waals surface area contributed by atoms with Crippen molar-refractivity contribution in [3.05, 3.63) is 101 Å². The van der Waals surface area contributed by atoms with Crippen LogP contribution in [0, 0.1) is 23.4 Å². The molecule has 0 atom stereocenters. The third-order valence-electron chi connectivity index (χ3n) is 7.52. The molecule has 0 heterocycles. The normalized spacial score (nSPS) is 19.5. The average Bonchev–Trinajstić information content (AvgIpc) is 2.89. The van der Waals surface area contributed by atoms with Crippen LogP contribution >= 0.6 is 0 Å². The minimum absolute atomic E-state index is 0.237. The Kier molecular flexibility index (Phi) is 8.39. The Hall–Kier alpha value is -3.59. The highest BCUT2D eigenvalue weighted by Crippen LogP contribution is 2.56.